The number of benzene rings is 1. The van der Waals surface area contributed by atoms with E-state index < -0.39 is 0 Å². The van der Waals surface area contributed by atoms with Crippen molar-refractivity contribution >= 4 is 0 Å². The van der Waals surface area contributed by atoms with Gasteiger partial charge < -0.3 is 9.64 Å². The van der Waals surface area contributed by atoms with Crippen LogP contribution in [0.25, 0.3) is 0 Å². The van der Waals surface area contributed by atoms with Crippen molar-refractivity contribution in [2.24, 2.45) is 0 Å². The Hall–Kier alpha value is -0.900. The largest absolute Gasteiger partial charge is 0.379 e. The maximum atomic E-state index is 5.40. The van der Waals surface area contributed by atoms with Gasteiger partial charge in [-0.05, 0) is 24.0 Å². The van der Waals surface area contributed by atoms with Gasteiger partial charge in [-0.2, -0.15) is 0 Å². The molecule has 3 rings (SSSR count). The van der Waals surface area contributed by atoms with Gasteiger partial charge in [0, 0.05) is 39.3 Å². The monoisotopic (exact) mass is 260 g/mol. The third-order valence-corrected chi connectivity index (χ3v) is 4.35. The van der Waals surface area contributed by atoms with E-state index >= 15 is 0 Å². The van der Waals surface area contributed by atoms with E-state index in [1.807, 2.05) is 0 Å². The van der Waals surface area contributed by atoms with Crippen LogP contribution < -0.4 is 0 Å². The first-order valence-corrected chi connectivity index (χ1v) is 7.51. The summed E-state index contributed by atoms with van der Waals surface area (Å²) in [7, 11) is 0. The molecule has 0 atom stereocenters. The van der Waals surface area contributed by atoms with Gasteiger partial charge in [0.25, 0.3) is 0 Å². The van der Waals surface area contributed by atoms with E-state index in [0.717, 1.165) is 26.3 Å². The maximum Gasteiger partial charge on any atom is 0.0594 e. The highest BCUT2D eigenvalue weighted by atomic mass is 16.5. The molecule has 0 N–H and O–H groups in total. The Kier molecular flexibility index (Phi) is 4.49. The van der Waals surface area contributed by atoms with Gasteiger partial charge in [0.2, 0.25) is 0 Å². The topological polar surface area (TPSA) is 15.7 Å². The Morgan fingerprint density at radius 1 is 0.789 bits per heavy atom. The highest BCUT2D eigenvalue weighted by Gasteiger charge is 2.15. The molecule has 0 spiro atoms. The second-order valence-electron chi connectivity index (χ2n) is 5.56. The van der Waals surface area contributed by atoms with Crippen LogP contribution in [0.5, 0.6) is 0 Å². The standard InChI is InChI=1S/C16H24N2O/c1-2-4-16-6-8-17(7-5-15(16)3-1)9-10-18-11-13-19-14-12-18/h1-4H,5-14H2. The SMILES string of the molecule is c1ccc2c(c1)CCN(CCN1CCOCC1)CC2. The van der Waals surface area contributed by atoms with Gasteiger partial charge in [-0.25, -0.2) is 0 Å². The smallest absolute Gasteiger partial charge is 0.0594 e. The van der Waals surface area contributed by atoms with Gasteiger partial charge in [0.05, 0.1) is 13.2 Å². The van der Waals surface area contributed by atoms with Crippen molar-refractivity contribution in [3.05, 3.63) is 35.4 Å². The fourth-order valence-corrected chi connectivity index (χ4v) is 3.05. The van der Waals surface area contributed by atoms with Crippen molar-refractivity contribution in [1.29, 1.82) is 0 Å². The zero-order valence-electron chi connectivity index (χ0n) is 11.7. The molecule has 3 nitrogen and oxygen atoms in total. The number of ether oxygens (including phenoxy) is 1. The van der Waals surface area contributed by atoms with E-state index in [2.05, 4.69) is 34.1 Å². The molecule has 1 saturated heterocycles. The minimum absolute atomic E-state index is 0.908. The number of hydrogen-bond acceptors (Lipinski definition) is 3. The highest BCUT2D eigenvalue weighted by molar-refractivity contribution is 5.28. The lowest BCUT2D eigenvalue weighted by molar-refractivity contribution is 0.0335. The molecule has 1 fully saturated rings. The van der Waals surface area contributed by atoms with Gasteiger partial charge in [-0.3, -0.25) is 4.90 Å². The predicted molar refractivity (Wildman–Crippen MR) is 77.5 cm³/mol. The molecule has 1 aromatic rings. The number of nitrogens with zero attached hydrogens (tertiary/aromatic N) is 2. The quantitative estimate of drug-likeness (QED) is 0.817. The minimum Gasteiger partial charge on any atom is -0.379 e. The highest BCUT2D eigenvalue weighted by Crippen LogP contribution is 2.15. The maximum absolute atomic E-state index is 5.40. The molecular formula is C16H24N2O. The molecule has 3 heteroatoms. The van der Waals surface area contributed by atoms with Gasteiger partial charge in [0.1, 0.15) is 0 Å². The molecule has 0 saturated carbocycles. The summed E-state index contributed by atoms with van der Waals surface area (Å²) in [5.74, 6) is 0. The molecule has 0 bridgehead atoms. The Morgan fingerprint density at radius 2 is 1.32 bits per heavy atom. The fourth-order valence-electron chi connectivity index (χ4n) is 3.05. The molecule has 0 aliphatic carbocycles. The van der Waals surface area contributed by atoms with E-state index in [4.69, 9.17) is 4.74 Å². The third-order valence-electron chi connectivity index (χ3n) is 4.35. The zero-order valence-corrected chi connectivity index (χ0v) is 11.7. The molecule has 19 heavy (non-hydrogen) atoms. The molecule has 0 radical (unpaired) electrons. The summed E-state index contributed by atoms with van der Waals surface area (Å²) in [6.07, 6.45) is 2.42. The molecule has 2 aliphatic rings. The first-order valence-electron chi connectivity index (χ1n) is 7.51. The van der Waals surface area contributed by atoms with Crippen LogP contribution in [-0.2, 0) is 17.6 Å². The van der Waals surface area contributed by atoms with E-state index in [1.54, 1.807) is 11.1 Å². The summed E-state index contributed by atoms with van der Waals surface area (Å²) < 4.78 is 5.40. The first kappa shape index (κ1) is 13.1. The van der Waals surface area contributed by atoms with E-state index in [-0.39, 0.29) is 0 Å². The number of fused-ring (bicyclic) bond motifs is 1. The van der Waals surface area contributed by atoms with Gasteiger partial charge in [-0.15, -0.1) is 0 Å². The lowest BCUT2D eigenvalue weighted by Crippen LogP contribution is -2.42. The summed E-state index contributed by atoms with van der Waals surface area (Å²) in [4.78, 5) is 5.15. The number of rotatable bonds is 3. The Morgan fingerprint density at radius 3 is 1.89 bits per heavy atom. The van der Waals surface area contributed by atoms with E-state index in [1.165, 1.54) is 39.0 Å². The molecule has 0 amide bonds. The summed E-state index contributed by atoms with van der Waals surface area (Å²) >= 11 is 0. The van der Waals surface area contributed by atoms with Crippen molar-refractivity contribution in [2.75, 3.05) is 52.5 Å². The Bertz CT molecular complexity index is 374. The van der Waals surface area contributed by atoms with Crippen molar-refractivity contribution in [1.82, 2.24) is 9.80 Å². The lowest BCUT2D eigenvalue weighted by atomic mass is 10.0. The van der Waals surface area contributed by atoms with Crippen LogP contribution in [0, 0.1) is 0 Å². The predicted octanol–water partition coefficient (Wildman–Crippen LogP) is 1.42. The van der Waals surface area contributed by atoms with Crippen LogP contribution in [0.1, 0.15) is 11.1 Å². The summed E-state index contributed by atoms with van der Waals surface area (Å²) in [6, 6.07) is 8.92. The number of hydrogen-bond donors (Lipinski definition) is 0. The van der Waals surface area contributed by atoms with Crippen molar-refractivity contribution in [2.45, 2.75) is 12.8 Å². The van der Waals surface area contributed by atoms with Gasteiger partial charge in [0.15, 0.2) is 0 Å². The zero-order chi connectivity index (χ0) is 12.9. The summed E-state index contributed by atoms with van der Waals surface area (Å²) in [5, 5.41) is 0. The average Bonchev–Trinajstić information content (AvgIpc) is 2.69. The first-order chi connectivity index (χ1) is 9.42. The molecule has 104 valence electrons. The Labute approximate surface area is 116 Å². The normalized spacial score (nSPS) is 21.9. The molecule has 1 aromatic carbocycles. The van der Waals surface area contributed by atoms with Crippen LogP contribution in [-0.4, -0.2) is 62.3 Å². The van der Waals surface area contributed by atoms with Crippen LogP contribution >= 0.6 is 0 Å². The minimum atomic E-state index is 0.908. The summed E-state index contributed by atoms with van der Waals surface area (Å²) in [5.41, 5.74) is 3.10. The average molecular weight is 260 g/mol. The van der Waals surface area contributed by atoms with Crippen molar-refractivity contribution < 1.29 is 4.74 Å². The molecule has 2 heterocycles. The van der Waals surface area contributed by atoms with E-state index in [9.17, 15) is 0 Å². The lowest BCUT2D eigenvalue weighted by Gasteiger charge is -2.29. The van der Waals surface area contributed by atoms with Crippen LogP contribution in [0.2, 0.25) is 0 Å². The van der Waals surface area contributed by atoms with Crippen LogP contribution in [0.4, 0.5) is 0 Å². The number of morpholine rings is 1. The van der Waals surface area contributed by atoms with Gasteiger partial charge >= 0.3 is 0 Å². The van der Waals surface area contributed by atoms with Crippen molar-refractivity contribution in [3.63, 3.8) is 0 Å². The molecule has 0 unspecified atom stereocenters. The van der Waals surface area contributed by atoms with Crippen LogP contribution in [0.3, 0.4) is 0 Å². The van der Waals surface area contributed by atoms with Crippen LogP contribution in [0.15, 0.2) is 24.3 Å². The molecular weight excluding hydrogens is 236 g/mol. The summed E-state index contributed by atoms with van der Waals surface area (Å²) in [6.45, 7) is 8.84. The fraction of sp³-hybridized carbons (Fsp3) is 0.625. The molecule has 2 aliphatic heterocycles. The van der Waals surface area contributed by atoms with E-state index in [0.29, 0.717) is 0 Å². The molecule has 0 aromatic heterocycles. The van der Waals surface area contributed by atoms with Crippen molar-refractivity contribution in [3.8, 4) is 0 Å². The van der Waals surface area contributed by atoms with Gasteiger partial charge in [-0.1, -0.05) is 24.3 Å². The Balaban J connectivity index is 1.48. The second kappa shape index (κ2) is 6.51. The third kappa shape index (κ3) is 3.56. The second-order valence-corrected chi connectivity index (χ2v) is 5.56.